The van der Waals surface area contributed by atoms with Gasteiger partial charge in [0.05, 0.1) is 36.6 Å². The molecule has 2 aromatic carbocycles. The maximum atomic E-state index is 13.8. The number of alkyl halides is 2. The van der Waals surface area contributed by atoms with Crippen molar-refractivity contribution in [3.05, 3.63) is 83.0 Å². The lowest BCUT2D eigenvalue weighted by Crippen LogP contribution is -2.40. The van der Waals surface area contributed by atoms with E-state index in [1.165, 1.54) is 37.0 Å². The Morgan fingerprint density at radius 1 is 1.16 bits per heavy atom. The number of fused-ring (bicyclic) bond motifs is 1. The van der Waals surface area contributed by atoms with E-state index in [4.69, 9.17) is 14.2 Å². The highest BCUT2D eigenvalue weighted by molar-refractivity contribution is 9.10. The van der Waals surface area contributed by atoms with E-state index in [1.54, 1.807) is 38.1 Å². The number of nitrogens with zero attached hydrogens (tertiary/aromatic N) is 2. The number of benzene rings is 2. The van der Waals surface area contributed by atoms with E-state index < -0.39 is 24.2 Å². The van der Waals surface area contributed by atoms with Crippen LogP contribution in [0.25, 0.3) is 6.08 Å². The van der Waals surface area contributed by atoms with Crippen LogP contribution >= 0.6 is 27.3 Å². The van der Waals surface area contributed by atoms with Crippen LogP contribution in [-0.4, -0.2) is 38.0 Å². The third-order valence-electron chi connectivity index (χ3n) is 5.70. The highest BCUT2D eigenvalue weighted by atomic mass is 79.9. The minimum absolute atomic E-state index is 0.0871. The molecule has 0 N–H and O–H groups in total. The molecule has 12 heteroatoms. The Hall–Kier alpha value is -3.51. The molecular formula is C26H23BrF2N2O6S. The van der Waals surface area contributed by atoms with E-state index >= 15 is 0 Å². The maximum absolute atomic E-state index is 13.8. The van der Waals surface area contributed by atoms with Gasteiger partial charge in [-0.15, -0.1) is 0 Å². The van der Waals surface area contributed by atoms with Crippen molar-refractivity contribution in [2.24, 2.45) is 4.99 Å². The number of thiazole rings is 1. The lowest BCUT2D eigenvalue weighted by molar-refractivity contribution is -0.139. The summed E-state index contributed by atoms with van der Waals surface area (Å²) in [6.45, 7) is 0.525. The van der Waals surface area contributed by atoms with E-state index in [2.05, 4.69) is 25.7 Å². The van der Waals surface area contributed by atoms with Crippen molar-refractivity contribution in [1.82, 2.24) is 4.57 Å². The second-order valence-corrected chi connectivity index (χ2v) is 9.90. The van der Waals surface area contributed by atoms with E-state index in [0.717, 1.165) is 15.8 Å². The first-order valence-corrected chi connectivity index (χ1v) is 12.9. The minimum Gasteiger partial charge on any atom is -0.496 e. The summed E-state index contributed by atoms with van der Waals surface area (Å²) in [6.07, 6.45) is 1.59. The Labute approximate surface area is 228 Å². The summed E-state index contributed by atoms with van der Waals surface area (Å²) in [4.78, 5) is 31.8. The van der Waals surface area contributed by atoms with Gasteiger partial charge in [-0.05, 0) is 55.8 Å². The van der Waals surface area contributed by atoms with Gasteiger partial charge in [-0.25, -0.2) is 9.79 Å². The highest BCUT2D eigenvalue weighted by Crippen LogP contribution is 2.37. The summed E-state index contributed by atoms with van der Waals surface area (Å²) in [6, 6.07) is 8.81. The summed E-state index contributed by atoms with van der Waals surface area (Å²) in [5.41, 5.74) is 1.33. The summed E-state index contributed by atoms with van der Waals surface area (Å²) < 4.78 is 48.4. The van der Waals surface area contributed by atoms with Gasteiger partial charge >= 0.3 is 12.6 Å². The van der Waals surface area contributed by atoms with Crippen LogP contribution in [0.4, 0.5) is 8.78 Å². The monoisotopic (exact) mass is 608 g/mol. The Kier molecular flexibility index (Phi) is 8.32. The average molecular weight is 609 g/mol. The molecule has 1 aromatic heterocycles. The zero-order valence-corrected chi connectivity index (χ0v) is 23.2. The number of carbonyl (C=O) groups excluding carboxylic acids is 1. The van der Waals surface area contributed by atoms with Crippen molar-refractivity contribution in [1.29, 1.82) is 0 Å². The number of methoxy groups -OCH3 is 2. The number of carbonyl (C=O) groups is 1. The van der Waals surface area contributed by atoms with Gasteiger partial charge in [0, 0.05) is 10.0 Å². The Bertz CT molecular complexity index is 1600. The van der Waals surface area contributed by atoms with E-state index in [1.807, 2.05) is 0 Å². The van der Waals surface area contributed by atoms with Crippen molar-refractivity contribution < 1.29 is 32.5 Å². The quantitative estimate of drug-likeness (QED) is 0.357. The molecule has 0 unspecified atom stereocenters. The topological polar surface area (TPSA) is 88.4 Å². The van der Waals surface area contributed by atoms with Gasteiger partial charge in [-0.3, -0.25) is 9.36 Å². The molecule has 8 nitrogen and oxygen atoms in total. The molecule has 0 aliphatic carbocycles. The van der Waals surface area contributed by atoms with Crippen LogP contribution in [0, 0.1) is 0 Å². The van der Waals surface area contributed by atoms with Crippen LogP contribution in [0.5, 0.6) is 17.2 Å². The molecule has 0 radical (unpaired) electrons. The first-order chi connectivity index (χ1) is 18.2. The molecule has 3 aromatic rings. The van der Waals surface area contributed by atoms with Crippen molar-refractivity contribution >= 4 is 39.3 Å². The van der Waals surface area contributed by atoms with E-state index in [0.29, 0.717) is 31.9 Å². The number of ether oxygens (including phenoxy) is 4. The van der Waals surface area contributed by atoms with Crippen molar-refractivity contribution in [2.75, 3.05) is 20.8 Å². The predicted molar refractivity (Wildman–Crippen MR) is 141 cm³/mol. The molecule has 200 valence electrons. The van der Waals surface area contributed by atoms with Gasteiger partial charge in [-0.2, -0.15) is 8.78 Å². The predicted octanol–water partition coefficient (Wildman–Crippen LogP) is 4.18. The lowest BCUT2D eigenvalue weighted by atomic mass is 9.95. The van der Waals surface area contributed by atoms with Crippen LogP contribution in [0.2, 0.25) is 0 Å². The number of halogens is 3. The second-order valence-electron chi connectivity index (χ2n) is 7.98. The van der Waals surface area contributed by atoms with Gasteiger partial charge in [0.15, 0.2) is 16.3 Å². The van der Waals surface area contributed by atoms with Crippen LogP contribution in [0.15, 0.2) is 61.9 Å². The fourth-order valence-corrected chi connectivity index (χ4v) is 5.55. The molecule has 0 bridgehead atoms. The standard InChI is InChI=1S/C26H23BrF2N2O6S/c1-5-36-24(33)21-13(2)30-26-31(22(21)16-12-15(27)7-9-17(16)34-3)23(32)20(38-26)11-14-6-8-18(37-25(28)29)19(10-14)35-4/h6-12,22,25H,5H2,1-4H3/b20-11-/t22-/m0/s1. The zero-order chi connectivity index (χ0) is 27.6. The molecule has 1 aliphatic heterocycles. The molecule has 1 atom stereocenters. The molecule has 0 saturated heterocycles. The van der Waals surface area contributed by atoms with Gasteiger partial charge in [-0.1, -0.05) is 33.3 Å². The molecule has 4 rings (SSSR count). The number of hydrogen-bond acceptors (Lipinski definition) is 8. The number of hydrogen-bond donors (Lipinski definition) is 0. The Balaban J connectivity index is 1.94. The van der Waals surface area contributed by atoms with Crippen molar-refractivity contribution in [3.8, 4) is 17.2 Å². The first-order valence-electron chi connectivity index (χ1n) is 11.3. The zero-order valence-electron chi connectivity index (χ0n) is 20.8. The Morgan fingerprint density at radius 3 is 2.53 bits per heavy atom. The molecule has 38 heavy (non-hydrogen) atoms. The van der Waals surface area contributed by atoms with Gasteiger partial charge < -0.3 is 18.9 Å². The third-order valence-corrected chi connectivity index (χ3v) is 7.18. The summed E-state index contributed by atoms with van der Waals surface area (Å²) in [7, 11) is 2.84. The fraction of sp³-hybridized carbons (Fsp3) is 0.269. The van der Waals surface area contributed by atoms with Crippen LogP contribution in [0.3, 0.4) is 0 Å². The maximum Gasteiger partial charge on any atom is 0.387 e. The van der Waals surface area contributed by atoms with Crippen LogP contribution in [-0.2, 0) is 9.53 Å². The van der Waals surface area contributed by atoms with Gasteiger partial charge in [0.2, 0.25) is 0 Å². The minimum atomic E-state index is -3.01. The highest BCUT2D eigenvalue weighted by Gasteiger charge is 2.35. The van der Waals surface area contributed by atoms with E-state index in [-0.39, 0.29) is 23.7 Å². The number of allylic oxidation sites excluding steroid dienone is 1. The number of aromatic nitrogens is 1. The largest absolute Gasteiger partial charge is 0.496 e. The van der Waals surface area contributed by atoms with Gasteiger partial charge in [0.1, 0.15) is 11.8 Å². The summed E-state index contributed by atoms with van der Waals surface area (Å²) in [5.74, 6) is -0.153. The fourth-order valence-electron chi connectivity index (χ4n) is 4.12. The third kappa shape index (κ3) is 5.37. The van der Waals surface area contributed by atoms with E-state index in [9.17, 15) is 18.4 Å². The summed E-state index contributed by atoms with van der Waals surface area (Å²) >= 11 is 4.60. The molecular weight excluding hydrogens is 586 g/mol. The van der Waals surface area contributed by atoms with Crippen LogP contribution in [0.1, 0.15) is 31.0 Å². The number of rotatable bonds is 8. The average Bonchev–Trinajstić information content (AvgIpc) is 3.17. The number of esters is 1. The van der Waals surface area contributed by atoms with Gasteiger partial charge in [0.25, 0.3) is 5.56 Å². The van der Waals surface area contributed by atoms with Crippen molar-refractivity contribution in [2.45, 2.75) is 26.5 Å². The molecule has 0 fully saturated rings. The lowest BCUT2D eigenvalue weighted by Gasteiger charge is -2.26. The molecule has 2 heterocycles. The smallest absolute Gasteiger partial charge is 0.387 e. The van der Waals surface area contributed by atoms with Crippen LogP contribution < -0.4 is 29.1 Å². The molecule has 1 aliphatic rings. The van der Waals surface area contributed by atoms with Crippen molar-refractivity contribution in [3.63, 3.8) is 0 Å². The Morgan fingerprint density at radius 2 is 1.87 bits per heavy atom. The molecule has 0 saturated carbocycles. The first kappa shape index (κ1) is 27.5. The molecule has 0 amide bonds. The summed E-state index contributed by atoms with van der Waals surface area (Å²) in [5, 5.41) is 0. The second kappa shape index (κ2) is 11.5. The SMILES string of the molecule is CCOC(=O)C1=C(C)N=c2s/c(=C\c3ccc(OC(F)F)c(OC)c3)c(=O)n2[C@H]1c1cc(Br)ccc1OC. The molecule has 0 spiro atoms. The normalized spacial score (nSPS) is 15.3.